The Balaban J connectivity index is 0.665. The van der Waals surface area contributed by atoms with E-state index < -0.39 is 243 Å². The van der Waals surface area contributed by atoms with Crippen LogP contribution in [0, 0.1) is 29.9 Å². The third-order valence-electron chi connectivity index (χ3n) is 22.2. The Morgan fingerprint density at radius 2 is 1.36 bits per heavy atom. The second-order valence-corrected chi connectivity index (χ2v) is 30.4. The molecule has 12 rings (SSSR count). The van der Waals surface area contributed by atoms with Crippen LogP contribution in [0.15, 0.2) is 12.1 Å². The maximum atomic E-state index is 14.3. The minimum Gasteiger partial charge on any atom is -0.508 e. The van der Waals surface area contributed by atoms with Gasteiger partial charge in [-0.3, -0.25) is 10.1 Å². The van der Waals surface area contributed by atoms with Crippen molar-refractivity contribution in [2.75, 3.05) is 68.3 Å². The lowest BCUT2D eigenvalue weighted by Crippen LogP contribution is -2.65. The van der Waals surface area contributed by atoms with Crippen molar-refractivity contribution in [2.24, 2.45) is 5.92 Å². The number of fused-ring (bicyclic) bond motifs is 3. The molecule has 9 N–H and O–H groups in total. The Morgan fingerprint density at radius 3 is 2.03 bits per heavy atom. The number of carbonyl (C=O) groups is 2. The summed E-state index contributed by atoms with van der Waals surface area (Å²) in [6.07, 6.45) is -39.3. The molecule has 0 aliphatic carbocycles. The highest BCUT2D eigenvalue weighted by Crippen LogP contribution is 2.49. The number of methoxy groups -OCH3 is 4. The number of nitro groups is 1. The van der Waals surface area contributed by atoms with Crippen molar-refractivity contribution in [3.63, 3.8) is 0 Å². The number of aromatic hydroxyl groups is 3. The monoisotopic (exact) mass is 1650 g/mol. The van der Waals surface area contributed by atoms with Crippen molar-refractivity contribution in [3.8, 4) is 23.0 Å². The topological polar surface area (TPSA) is 490 Å². The van der Waals surface area contributed by atoms with Gasteiger partial charge in [0, 0.05) is 64.6 Å². The van der Waals surface area contributed by atoms with Crippen LogP contribution in [0.2, 0.25) is 10.0 Å². The third kappa shape index (κ3) is 17.1. The molecule has 2 aromatic carbocycles. The number of hydrogen-bond donors (Lipinski definition) is 9. The van der Waals surface area contributed by atoms with Crippen LogP contribution >= 0.6 is 23.2 Å². The van der Waals surface area contributed by atoms with E-state index >= 15 is 0 Å². The van der Waals surface area contributed by atoms with Gasteiger partial charge in [-0.25, -0.2) is 9.59 Å². The fourth-order valence-corrected chi connectivity index (χ4v) is 17.0. The summed E-state index contributed by atoms with van der Waals surface area (Å²) in [6, 6.07) is 2.28. The zero-order chi connectivity index (χ0) is 81.1. The molecule has 41 heteroatoms. The quantitative estimate of drug-likeness (QED) is 0.0294. The van der Waals surface area contributed by atoms with Gasteiger partial charge in [0.15, 0.2) is 73.7 Å². The van der Waals surface area contributed by atoms with E-state index in [4.69, 9.17) is 142 Å². The van der Waals surface area contributed by atoms with E-state index in [1.165, 1.54) is 55.3 Å². The molecule has 0 saturated carbocycles. The average molecular weight is 1650 g/mol. The van der Waals surface area contributed by atoms with E-state index in [9.17, 15) is 65.7 Å². The van der Waals surface area contributed by atoms with Crippen LogP contribution in [0.3, 0.4) is 0 Å². The number of aliphatic hydroxyl groups is 6. The van der Waals surface area contributed by atoms with Crippen LogP contribution in [0.1, 0.15) is 106 Å². The highest BCUT2D eigenvalue weighted by atomic mass is 35.5. The Hall–Kier alpha value is -4.56. The molecule has 0 radical (unpaired) electrons. The standard InChI is InChI=1S/C71H101Cl2NO38/c1-14-95-70(19-37(79)53(31(7)109-70)104-43-18-39(101-44-20-69(9,74(86)87)61(91-13)32(8)98-44)54(30(6)97-43)105-64(85)46-27(3)47(72)49(80)48(73)59(46)89-11)110-38-17-36(78)65(100-29(38)5)106-55-34(21-75)28(4)99-67(51(55)82)107-56-40(22-88-10)103-68(60(90-12)50(56)81)108-66-52(83)57-42(23-92-66)111-71(112-57)62-58(93-25-94-62)41(24-96-71)102-63(84)45-26(2)15-33(76)16-35(45)77/h15-16,28-32,34,36-44,50-58,60-62,65-68,75-83H,14,17-25H2,1-13H3/t28-,29-,30?,31-,32+,34+,36+,37-,38+,39+,40-,41?,42+,43+,44+,50+,51-,52-,53-,54?,55-,56-,57-,58?,60+,61+,62?,65+,66?,67+,68+,69+,70-,71?/m1/s1. The van der Waals surface area contributed by atoms with Gasteiger partial charge in [0.05, 0.1) is 100 Å². The highest BCUT2D eigenvalue weighted by molar-refractivity contribution is 6.39. The number of nitrogens with zero attached hydrogens (tertiary/aromatic N) is 1. The largest absolute Gasteiger partial charge is 0.508 e. The molecule has 0 amide bonds. The van der Waals surface area contributed by atoms with Gasteiger partial charge >= 0.3 is 17.9 Å². The fourth-order valence-electron chi connectivity index (χ4n) is 16.5. The zero-order valence-electron chi connectivity index (χ0n) is 63.7. The lowest BCUT2D eigenvalue weighted by molar-refractivity contribution is -0.595. The smallest absolute Gasteiger partial charge is 0.342 e. The summed E-state index contributed by atoms with van der Waals surface area (Å²) in [5.41, 5.74) is -1.79. The van der Waals surface area contributed by atoms with Crippen LogP contribution in [0.4, 0.5) is 0 Å². The first-order valence-electron chi connectivity index (χ1n) is 36.9. The summed E-state index contributed by atoms with van der Waals surface area (Å²) in [6.45, 7) is 12.2. The van der Waals surface area contributed by atoms with Crippen molar-refractivity contribution in [1.29, 1.82) is 0 Å². The second kappa shape index (κ2) is 35.6. The molecule has 34 atom stereocenters. The van der Waals surface area contributed by atoms with Crippen molar-refractivity contribution in [3.05, 3.63) is 54.5 Å². The molecule has 632 valence electrons. The van der Waals surface area contributed by atoms with Gasteiger partial charge in [-0.15, -0.1) is 0 Å². The molecule has 10 aliphatic rings. The molecule has 2 aromatic rings. The summed E-state index contributed by atoms with van der Waals surface area (Å²) >= 11 is 12.8. The highest BCUT2D eigenvalue weighted by Gasteiger charge is 2.68. The maximum Gasteiger partial charge on any atom is 0.342 e. The lowest BCUT2D eigenvalue weighted by atomic mass is 9.85. The number of aliphatic hydroxyl groups excluding tert-OH is 6. The Bertz CT molecular complexity index is 3560. The van der Waals surface area contributed by atoms with Gasteiger partial charge in [-0.1, -0.05) is 23.2 Å². The molecular weight excluding hydrogens is 1550 g/mol. The first-order valence-corrected chi connectivity index (χ1v) is 37.7. The Labute approximate surface area is 653 Å². The van der Waals surface area contributed by atoms with Gasteiger partial charge in [-0.2, -0.15) is 0 Å². The number of hydrogen-bond acceptors (Lipinski definition) is 38. The number of halogens is 2. The predicted molar refractivity (Wildman–Crippen MR) is 369 cm³/mol. The van der Waals surface area contributed by atoms with E-state index in [0.29, 0.717) is 0 Å². The zero-order valence-corrected chi connectivity index (χ0v) is 65.2. The molecular formula is C71H101Cl2NO38. The first kappa shape index (κ1) is 86.8. The molecule has 7 unspecified atom stereocenters. The van der Waals surface area contributed by atoms with Crippen LogP contribution in [0.25, 0.3) is 0 Å². The van der Waals surface area contributed by atoms with Gasteiger partial charge in [0.25, 0.3) is 11.5 Å². The molecule has 0 bridgehead atoms. The molecule has 1 spiro atoms. The number of benzene rings is 2. The van der Waals surface area contributed by atoms with Crippen LogP contribution in [-0.4, -0.2) is 333 Å². The van der Waals surface area contributed by atoms with Gasteiger partial charge in [0.1, 0.15) is 108 Å². The molecule has 0 aromatic heterocycles. The number of ether oxygens (including phenoxy) is 25. The number of rotatable bonds is 25. The Kier molecular flexibility index (Phi) is 27.5. The fraction of sp³-hybridized carbons (Fsp3) is 0.803. The summed E-state index contributed by atoms with van der Waals surface area (Å²) in [5, 5.41) is 114. The number of phenolic OH excluding ortho intramolecular Hbond substituents is 3. The van der Waals surface area contributed by atoms with Gasteiger partial charge in [-0.05, 0) is 72.6 Å². The van der Waals surface area contributed by atoms with Crippen LogP contribution in [-0.2, 0) is 114 Å². The number of aryl methyl sites for hydroxylation is 1. The predicted octanol–water partition coefficient (Wildman–Crippen LogP) is 1.49. The summed E-state index contributed by atoms with van der Waals surface area (Å²) in [4.78, 5) is 39.8. The van der Waals surface area contributed by atoms with Crippen molar-refractivity contribution >= 4 is 35.1 Å². The van der Waals surface area contributed by atoms with Crippen molar-refractivity contribution in [1.82, 2.24) is 0 Å². The molecule has 10 saturated heterocycles. The molecule has 39 nitrogen and oxygen atoms in total. The minimum absolute atomic E-state index is 0.00649. The molecule has 10 fully saturated rings. The Morgan fingerprint density at radius 1 is 0.643 bits per heavy atom. The second-order valence-electron chi connectivity index (χ2n) is 29.6. The summed E-state index contributed by atoms with van der Waals surface area (Å²) in [7, 11) is 5.17. The first-order chi connectivity index (χ1) is 53.2. The number of carbonyl (C=O) groups excluding carboxylic acids is 2. The molecule has 112 heavy (non-hydrogen) atoms. The van der Waals surface area contributed by atoms with Crippen LogP contribution < -0.4 is 4.74 Å². The average Bonchev–Trinajstić information content (AvgIpc) is 1.57. The van der Waals surface area contributed by atoms with Gasteiger partial charge in [0.2, 0.25) is 0 Å². The van der Waals surface area contributed by atoms with Crippen molar-refractivity contribution in [2.45, 2.75) is 290 Å². The summed E-state index contributed by atoms with van der Waals surface area (Å²) in [5.74, 6) is -8.44. The maximum absolute atomic E-state index is 14.3. The van der Waals surface area contributed by atoms with Gasteiger partial charge < -0.3 is 164 Å². The number of phenols is 3. The van der Waals surface area contributed by atoms with E-state index in [1.54, 1.807) is 41.5 Å². The molecule has 10 aliphatic heterocycles. The SMILES string of the molecule is CCO[C@]1(O[C@H]2C[C@H](O)[C@H](O[C@H]3[C@@H](O)[C@H](O[C@H]4[C@H](O)[C@H](OC)[C@H](OC5OC[C@@H]6OC7(OCC(OC(=O)c8c(C)cc(O)cc8O)C8OCOC87)O[C@H]6[C@H]5O)O[C@@H]4COC)O[C@H](C)[C@@H]3CO)O[C@@H]2C)C[C@@H](O)[C@H](O[C@H]2C[C@H](O[C@H]3C[C@](C)([N+](=O)[O-])[C@@H](OC)[C@H](C)O3)C(OC(=O)c3c(C)c(Cl)c(O)c(Cl)c3OC)C(C)O2)[C@@H](C)O1. The normalized spacial score (nSPS) is 43.6. The van der Waals surface area contributed by atoms with E-state index in [-0.39, 0.29) is 103 Å². The summed E-state index contributed by atoms with van der Waals surface area (Å²) < 4.78 is 153. The van der Waals surface area contributed by atoms with E-state index in [2.05, 4.69) is 0 Å². The number of esters is 2. The molecule has 10 heterocycles. The minimum atomic E-state index is -2.01. The van der Waals surface area contributed by atoms with Crippen molar-refractivity contribution < 1.29 is 179 Å². The van der Waals surface area contributed by atoms with E-state index in [0.717, 1.165) is 6.07 Å². The van der Waals surface area contributed by atoms with E-state index in [1.807, 2.05) is 0 Å². The lowest BCUT2D eigenvalue weighted by Gasteiger charge is -2.50. The third-order valence-corrected chi connectivity index (χ3v) is 23.0. The van der Waals surface area contributed by atoms with Crippen LogP contribution in [0.5, 0.6) is 23.0 Å².